The summed E-state index contributed by atoms with van der Waals surface area (Å²) in [5.41, 5.74) is 0.395. The van der Waals surface area contributed by atoms with E-state index in [-0.39, 0.29) is 5.91 Å². The van der Waals surface area contributed by atoms with Crippen molar-refractivity contribution in [2.45, 2.75) is 26.2 Å². The lowest BCUT2D eigenvalue weighted by Crippen LogP contribution is -2.33. The van der Waals surface area contributed by atoms with E-state index in [4.69, 9.17) is 0 Å². The van der Waals surface area contributed by atoms with Gasteiger partial charge in [-0.3, -0.25) is 4.79 Å². The fraction of sp³-hybridized carbons (Fsp3) is 0.538. The second-order valence-electron chi connectivity index (χ2n) is 4.56. The van der Waals surface area contributed by atoms with E-state index < -0.39 is 5.95 Å². The first-order chi connectivity index (χ1) is 8.20. The van der Waals surface area contributed by atoms with Crippen LogP contribution in [-0.4, -0.2) is 28.9 Å². The molecule has 1 aromatic heterocycles. The predicted molar refractivity (Wildman–Crippen MR) is 63.1 cm³/mol. The number of rotatable bonds is 5. The van der Waals surface area contributed by atoms with Crippen molar-refractivity contribution in [2.24, 2.45) is 5.92 Å². The number of amides is 1. The Morgan fingerprint density at radius 2 is 2.35 bits per heavy atom. The highest BCUT2D eigenvalue weighted by Gasteiger charge is 2.26. The Balaban J connectivity index is 2.08. The van der Waals surface area contributed by atoms with Crippen LogP contribution in [0.2, 0.25) is 0 Å². The lowest BCUT2D eigenvalue weighted by molar-refractivity contribution is 0.0747. The summed E-state index contributed by atoms with van der Waals surface area (Å²) in [4.78, 5) is 17.5. The van der Waals surface area contributed by atoms with E-state index in [1.165, 1.54) is 25.1 Å². The maximum absolute atomic E-state index is 13.0. The molecule has 4 heteroatoms. The number of hydrogen-bond acceptors (Lipinski definition) is 2. The first-order valence-electron chi connectivity index (χ1n) is 6.11. The summed E-state index contributed by atoms with van der Waals surface area (Å²) in [5.74, 6) is -0.0315. The van der Waals surface area contributed by atoms with E-state index in [0.29, 0.717) is 11.5 Å². The Morgan fingerprint density at radius 3 is 2.94 bits per heavy atom. The molecule has 92 valence electrons. The highest BCUT2D eigenvalue weighted by Crippen LogP contribution is 2.30. The van der Waals surface area contributed by atoms with Gasteiger partial charge in [-0.1, -0.05) is 6.92 Å². The molecule has 0 spiro atoms. The van der Waals surface area contributed by atoms with Crippen LogP contribution in [0.4, 0.5) is 4.39 Å². The second kappa shape index (κ2) is 5.25. The maximum atomic E-state index is 13.0. The van der Waals surface area contributed by atoms with Gasteiger partial charge in [-0.2, -0.15) is 4.39 Å². The van der Waals surface area contributed by atoms with Gasteiger partial charge in [-0.05, 0) is 31.2 Å². The smallest absolute Gasteiger partial charge is 0.254 e. The molecule has 17 heavy (non-hydrogen) atoms. The second-order valence-corrected chi connectivity index (χ2v) is 4.56. The number of aromatic nitrogens is 1. The van der Waals surface area contributed by atoms with Crippen molar-refractivity contribution in [3.8, 4) is 0 Å². The van der Waals surface area contributed by atoms with Crippen molar-refractivity contribution in [3.05, 3.63) is 29.8 Å². The summed E-state index contributed by atoms with van der Waals surface area (Å²) in [5, 5.41) is 0. The fourth-order valence-corrected chi connectivity index (χ4v) is 1.88. The van der Waals surface area contributed by atoms with Gasteiger partial charge in [0.1, 0.15) is 0 Å². The zero-order chi connectivity index (χ0) is 12.3. The topological polar surface area (TPSA) is 33.2 Å². The number of carbonyl (C=O) groups is 1. The van der Waals surface area contributed by atoms with E-state index in [2.05, 4.69) is 4.98 Å². The first-order valence-corrected chi connectivity index (χ1v) is 6.11. The number of hydrogen-bond donors (Lipinski definition) is 0. The van der Waals surface area contributed by atoms with Crippen molar-refractivity contribution in [2.75, 3.05) is 13.1 Å². The monoisotopic (exact) mass is 236 g/mol. The molecule has 0 bridgehead atoms. The molecule has 1 fully saturated rings. The third-order valence-electron chi connectivity index (χ3n) is 2.93. The molecule has 1 heterocycles. The number of pyridine rings is 1. The van der Waals surface area contributed by atoms with Crippen LogP contribution < -0.4 is 0 Å². The third kappa shape index (κ3) is 3.25. The molecule has 1 aliphatic carbocycles. The summed E-state index contributed by atoms with van der Waals surface area (Å²) in [6, 6.07) is 2.78. The van der Waals surface area contributed by atoms with E-state index in [9.17, 15) is 9.18 Å². The Morgan fingerprint density at radius 1 is 1.59 bits per heavy atom. The fourth-order valence-electron chi connectivity index (χ4n) is 1.88. The summed E-state index contributed by atoms with van der Waals surface area (Å²) >= 11 is 0. The highest BCUT2D eigenvalue weighted by atomic mass is 19.1. The minimum Gasteiger partial charge on any atom is -0.338 e. The van der Waals surface area contributed by atoms with Crippen molar-refractivity contribution in [3.63, 3.8) is 0 Å². The average molecular weight is 236 g/mol. The van der Waals surface area contributed by atoms with E-state index in [0.717, 1.165) is 19.5 Å². The molecular formula is C13H17FN2O. The summed E-state index contributed by atoms with van der Waals surface area (Å²) in [6.07, 6.45) is 4.67. The molecule has 1 aliphatic rings. The number of halogens is 1. The minimum absolute atomic E-state index is 0.0833. The van der Waals surface area contributed by atoms with E-state index in [1.54, 1.807) is 6.07 Å². The molecule has 0 aromatic carbocycles. The largest absolute Gasteiger partial charge is 0.338 e. The zero-order valence-electron chi connectivity index (χ0n) is 10.0. The summed E-state index contributed by atoms with van der Waals surface area (Å²) in [7, 11) is 0. The summed E-state index contributed by atoms with van der Waals surface area (Å²) in [6.45, 7) is 3.58. The molecule has 0 radical (unpaired) electrons. The van der Waals surface area contributed by atoms with Crippen LogP contribution in [0.5, 0.6) is 0 Å². The molecule has 3 nitrogen and oxygen atoms in total. The van der Waals surface area contributed by atoms with Gasteiger partial charge >= 0.3 is 0 Å². The van der Waals surface area contributed by atoms with Crippen LogP contribution >= 0.6 is 0 Å². The Kier molecular flexibility index (Phi) is 3.71. The van der Waals surface area contributed by atoms with Crippen molar-refractivity contribution >= 4 is 5.91 Å². The molecule has 1 saturated carbocycles. The number of carbonyl (C=O) groups excluding carboxylic acids is 1. The van der Waals surface area contributed by atoms with Gasteiger partial charge in [-0.25, -0.2) is 4.98 Å². The first kappa shape index (κ1) is 12.0. The zero-order valence-corrected chi connectivity index (χ0v) is 10.0. The van der Waals surface area contributed by atoms with E-state index >= 15 is 0 Å². The van der Waals surface area contributed by atoms with Crippen LogP contribution in [0.3, 0.4) is 0 Å². The predicted octanol–water partition coefficient (Wildman–Crippen LogP) is 2.48. The van der Waals surface area contributed by atoms with E-state index in [1.807, 2.05) is 11.8 Å². The Labute approximate surface area is 101 Å². The SMILES string of the molecule is CCCN(CC1CC1)C(=O)c1ccnc(F)c1. The molecule has 0 N–H and O–H groups in total. The molecule has 2 rings (SSSR count). The van der Waals surface area contributed by atoms with Crippen LogP contribution in [0.1, 0.15) is 36.5 Å². The molecular weight excluding hydrogens is 219 g/mol. The molecule has 0 aliphatic heterocycles. The molecule has 0 atom stereocenters. The Hall–Kier alpha value is -1.45. The van der Waals surface area contributed by atoms with Crippen molar-refractivity contribution < 1.29 is 9.18 Å². The lowest BCUT2D eigenvalue weighted by Gasteiger charge is -2.22. The van der Waals surface area contributed by atoms with Gasteiger partial charge in [0.15, 0.2) is 0 Å². The summed E-state index contributed by atoms with van der Waals surface area (Å²) < 4.78 is 13.0. The quantitative estimate of drug-likeness (QED) is 0.736. The normalized spacial score (nSPS) is 14.7. The van der Waals surface area contributed by atoms with Crippen molar-refractivity contribution in [1.29, 1.82) is 0 Å². The molecule has 0 unspecified atom stereocenters. The van der Waals surface area contributed by atoms with Crippen LogP contribution in [-0.2, 0) is 0 Å². The molecule has 1 aromatic rings. The standard InChI is InChI=1S/C13H17FN2O/c1-2-7-16(9-10-3-4-10)13(17)11-5-6-15-12(14)8-11/h5-6,8,10H,2-4,7,9H2,1H3. The van der Waals surface area contributed by atoms with Crippen LogP contribution in [0, 0.1) is 11.9 Å². The number of nitrogens with zero attached hydrogens (tertiary/aromatic N) is 2. The van der Waals surface area contributed by atoms with Gasteiger partial charge < -0.3 is 4.90 Å². The van der Waals surface area contributed by atoms with Gasteiger partial charge in [0.2, 0.25) is 5.95 Å². The van der Waals surface area contributed by atoms with Gasteiger partial charge in [0.05, 0.1) is 0 Å². The van der Waals surface area contributed by atoms with Crippen LogP contribution in [0.15, 0.2) is 18.3 Å². The van der Waals surface area contributed by atoms with Gasteiger partial charge in [0.25, 0.3) is 5.91 Å². The lowest BCUT2D eigenvalue weighted by atomic mass is 10.2. The average Bonchev–Trinajstić information content (AvgIpc) is 3.11. The Bertz CT molecular complexity index is 404. The minimum atomic E-state index is -0.598. The van der Waals surface area contributed by atoms with Crippen LogP contribution in [0.25, 0.3) is 0 Å². The maximum Gasteiger partial charge on any atom is 0.254 e. The highest BCUT2D eigenvalue weighted by molar-refractivity contribution is 5.94. The third-order valence-corrected chi connectivity index (χ3v) is 2.93. The van der Waals surface area contributed by atoms with Gasteiger partial charge in [0, 0.05) is 30.9 Å². The van der Waals surface area contributed by atoms with Crippen molar-refractivity contribution in [1.82, 2.24) is 9.88 Å². The van der Waals surface area contributed by atoms with Gasteiger partial charge in [-0.15, -0.1) is 0 Å². The molecule has 0 saturated heterocycles. The molecule has 1 amide bonds.